The van der Waals surface area contributed by atoms with Gasteiger partial charge in [0.25, 0.3) is 0 Å². The number of amides is 1. The average Bonchev–Trinajstić information content (AvgIpc) is 1.98. The van der Waals surface area contributed by atoms with Crippen LogP contribution in [0.1, 0.15) is 6.92 Å². The van der Waals surface area contributed by atoms with E-state index in [0.29, 0.717) is 6.54 Å². The minimum absolute atomic E-state index is 0.0291. The summed E-state index contributed by atoms with van der Waals surface area (Å²) in [5.74, 6) is -0.204. The van der Waals surface area contributed by atoms with Gasteiger partial charge in [-0.3, -0.25) is 9.69 Å². The van der Waals surface area contributed by atoms with Crippen molar-refractivity contribution in [2.24, 2.45) is 0 Å². The van der Waals surface area contributed by atoms with Crippen molar-refractivity contribution in [2.45, 2.75) is 13.0 Å². The zero-order valence-corrected chi connectivity index (χ0v) is 7.95. The number of nitrogens with one attached hydrogen (secondary N) is 1. The maximum Gasteiger partial charge on any atom is 0.234 e. The number of hydrogen-bond acceptors (Lipinski definition) is 4. The van der Waals surface area contributed by atoms with Gasteiger partial charge in [0, 0.05) is 6.54 Å². The minimum Gasteiger partial charge on any atom is -0.392 e. The maximum atomic E-state index is 11.0. The van der Waals surface area contributed by atoms with E-state index in [0.717, 1.165) is 0 Å². The summed E-state index contributed by atoms with van der Waals surface area (Å²) < 4.78 is 0. The molecule has 0 aliphatic carbocycles. The quantitative estimate of drug-likeness (QED) is 0.535. The zero-order chi connectivity index (χ0) is 10.3. The molecule has 13 heavy (non-hydrogen) atoms. The number of likely N-dealkylation sites (N-methyl/N-ethyl adjacent to an activating group) is 1. The second-order valence-electron chi connectivity index (χ2n) is 2.98. The van der Waals surface area contributed by atoms with Crippen LogP contribution in [-0.2, 0) is 4.79 Å². The molecule has 5 nitrogen and oxygen atoms in total. The number of nitrogens with zero attached hydrogens (tertiary/aromatic N) is 2. The molecule has 0 saturated heterocycles. The fourth-order valence-corrected chi connectivity index (χ4v) is 0.955. The Hall–Kier alpha value is -1.12. The van der Waals surface area contributed by atoms with Crippen LogP contribution in [0.2, 0.25) is 0 Å². The first-order valence-electron chi connectivity index (χ1n) is 4.06. The summed E-state index contributed by atoms with van der Waals surface area (Å²) in [6, 6.07) is 1.81. The molecule has 0 aliphatic rings. The highest BCUT2D eigenvalue weighted by Gasteiger charge is 2.07. The lowest BCUT2D eigenvalue weighted by Gasteiger charge is -2.16. The van der Waals surface area contributed by atoms with Gasteiger partial charge in [0.2, 0.25) is 5.91 Å². The normalized spacial score (nSPS) is 12.2. The molecule has 1 atom stereocenters. The Morgan fingerprint density at radius 2 is 2.38 bits per heavy atom. The van der Waals surface area contributed by atoms with Crippen LogP contribution in [-0.4, -0.2) is 48.7 Å². The zero-order valence-electron chi connectivity index (χ0n) is 7.95. The molecule has 0 aromatic carbocycles. The molecule has 0 bridgehead atoms. The Morgan fingerprint density at radius 1 is 1.77 bits per heavy atom. The fraction of sp³-hybridized carbons (Fsp3) is 0.750. The number of aliphatic hydroxyl groups excluding tert-OH is 1. The van der Waals surface area contributed by atoms with E-state index >= 15 is 0 Å². The third kappa shape index (κ3) is 7.25. The third-order valence-corrected chi connectivity index (χ3v) is 1.35. The molecule has 0 fully saturated rings. The van der Waals surface area contributed by atoms with Gasteiger partial charge in [-0.1, -0.05) is 0 Å². The Labute approximate surface area is 78.0 Å². The van der Waals surface area contributed by atoms with E-state index in [1.165, 1.54) is 0 Å². The minimum atomic E-state index is -0.450. The van der Waals surface area contributed by atoms with E-state index in [4.69, 9.17) is 10.4 Å². The van der Waals surface area contributed by atoms with E-state index in [1.807, 2.05) is 6.07 Å². The summed E-state index contributed by atoms with van der Waals surface area (Å²) >= 11 is 0. The van der Waals surface area contributed by atoms with Gasteiger partial charge in [0.1, 0.15) is 6.54 Å². The van der Waals surface area contributed by atoms with Crippen molar-refractivity contribution in [1.29, 1.82) is 5.26 Å². The van der Waals surface area contributed by atoms with Crippen molar-refractivity contribution in [2.75, 3.05) is 26.7 Å². The highest BCUT2D eigenvalue weighted by molar-refractivity contribution is 5.78. The number of rotatable bonds is 5. The molecule has 0 aromatic heterocycles. The standard InChI is InChI=1S/C8H15N3O2/c1-7(12)5-11(2)6-8(13)10-4-3-9/h7,12H,4-6H2,1-2H3,(H,10,13). The van der Waals surface area contributed by atoms with Crippen LogP contribution in [0, 0.1) is 11.3 Å². The van der Waals surface area contributed by atoms with Crippen LogP contribution >= 0.6 is 0 Å². The molecule has 2 N–H and O–H groups in total. The summed E-state index contributed by atoms with van der Waals surface area (Å²) in [6.45, 7) is 2.33. The smallest absolute Gasteiger partial charge is 0.234 e. The summed E-state index contributed by atoms with van der Waals surface area (Å²) in [7, 11) is 1.73. The Balaban J connectivity index is 3.60. The number of carbonyl (C=O) groups excluding carboxylic acids is 1. The Kier molecular flexibility index (Phi) is 5.85. The second kappa shape index (κ2) is 6.40. The van der Waals surface area contributed by atoms with Crippen LogP contribution < -0.4 is 5.32 Å². The van der Waals surface area contributed by atoms with Crippen LogP contribution in [0.5, 0.6) is 0 Å². The molecule has 0 rings (SSSR count). The average molecular weight is 185 g/mol. The molecule has 0 aromatic rings. The summed E-state index contributed by atoms with van der Waals surface area (Å²) in [5, 5.41) is 19.6. The first-order valence-corrected chi connectivity index (χ1v) is 4.06. The van der Waals surface area contributed by atoms with Gasteiger partial charge in [0.05, 0.1) is 18.7 Å². The monoisotopic (exact) mass is 185 g/mol. The van der Waals surface area contributed by atoms with Crippen LogP contribution in [0.3, 0.4) is 0 Å². The molecule has 0 saturated carbocycles. The van der Waals surface area contributed by atoms with E-state index in [-0.39, 0.29) is 19.0 Å². The molecule has 74 valence electrons. The maximum absolute atomic E-state index is 11.0. The first-order chi connectivity index (χ1) is 6.06. The van der Waals surface area contributed by atoms with Crippen molar-refractivity contribution in [1.82, 2.24) is 10.2 Å². The number of nitriles is 1. The number of carbonyl (C=O) groups is 1. The van der Waals surface area contributed by atoms with Gasteiger partial charge in [-0.25, -0.2) is 0 Å². The van der Waals surface area contributed by atoms with Crippen molar-refractivity contribution in [3.8, 4) is 6.07 Å². The van der Waals surface area contributed by atoms with E-state index < -0.39 is 6.10 Å². The summed E-state index contributed by atoms with van der Waals surface area (Å²) in [4.78, 5) is 12.7. The van der Waals surface area contributed by atoms with Crippen molar-refractivity contribution in [3.05, 3.63) is 0 Å². The molecule has 1 unspecified atom stereocenters. The first kappa shape index (κ1) is 11.9. The van der Waals surface area contributed by atoms with Gasteiger partial charge < -0.3 is 10.4 Å². The Morgan fingerprint density at radius 3 is 2.85 bits per heavy atom. The highest BCUT2D eigenvalue weighted by atomic mass is 16.3. The summed E-state index contributed by atoms with van der Waals surface area (Å²) in [5.41, 5.74) is 0. The third-order valence-electron chi connectivity index (χ3n) is 1.35. The lowest BCUT2D eigenvalue weighted by molar-refractivity contribution is -0.121. The van der Waals surface area contributed by atoms with Gasteiger partial charge in [-0.05, 0) is 14.0 Å². The lowest BCUT2D eigenvalue weighted by atomic mass is 10.3. The van der Waals surface area contributed by atoms with E-state index in [9.17, 15) is 4.79 Å². The second-order valence-corrected chi connectivity index (χ2v) is 2.98. The molecule has 0 radical (unpaired) electrons. The molecule has 0 aliphatic heterocycles. The van der Waals surface area contributed by atoms with Gasteiger partial charge >= 0.3 is 0 Å². The Bertz CT molecular complexity index is 198. The predicted octanol–water partition coefficient (Wildman–Crippen LogP) is -1.06. The molecule has 0 spiro atoms. The largest absolute Gasteiger partial charge is 0.392 e. The SMILES string of the molecule is CC(O)CN(C)CC(=O)NCC#N. The van der Waals surface area contributed by atoms with E-state index in [2.05, 4.69) is 5.32 Å². The van der Waals surface area contributed by atoms with Crippen LogP contribution in [0.25, 0.3) is 0 Å². The van der Waals surface area contributed by atoms with Crippen LogP contribution in [0.15, 0.2) is 0 Å². The molecule has 5 heteroatoms. The highest BCUT2D eigenvalue weighted by Crippen LogP contribution is 1.86. The van der Waals surface area contributed by atoms with Gasteiger partial charge in [0.15, 0.2) is 0 Å². The van der Waals surface area contributed by atoms with Crippen molar-refractivity contribution >= 4 is 5.91 Å². The molecule has 1 amide bonds. The van der Waals surface area contributed by atoms with Crippen LogP contribution in [0.4, 0.5) is 0 Å². The van der Waals surface area contributed by atoms with Gasteiger partial charge in [-0.2, -0.15) is 5.26 Å². The van der Waals surface area contributed by atoms with E-state index in [1.54, 1.807) is 18.9 Å². The topological polar surface area (TPSA) is 76.4 Å². The van der Waals surface area contributed by atoms with Gasteiger partial charge in [-0.15, -0.1) is 0 Å². The van der Waals surface area contributed by atoms with Crippen molar-refractivity contribution < 1.29 is 9.90 Å². The fourth-order valence-electron chi connectivity index (χ4n) is 0.955. The lowest BCUT2D eigenvalue weighted by Crippen LogP contribution is -2.38. The predicted molar refractivity (Wildman–Crippen MR) is 47.8 cm³/mol. The number of aliphatic hydroxyl groups is 1. The summed E-state index contributed by atoms with van der Waals surface area (Å²) in [6.07, 6.45) is -0.450. The van der Waals surface area contributed by atoms with Crippen molar-refractivity contribution in [3.63, 3.8) is 0 Å². The molecular formula is C8H15N3O2. The number of hydrogen-bond donors (Lipinski definition) is 2. The molecular weight excluding hydrogens is 170 g/mol. The molecule has 0 heterocycles.